The fraction of sp³-hybridized carbons (Fsp3) is 0.533. The third-order valence-corrected chi connectivity index (χ3v) is 7.29. The van der Waals surface area contributed by atoms with Crippen molar-refractivity contribution in [3.63, 3.8) is 0 Å². The van der Waals surface area contributed by atoms with E-state index in [4.69, 9.17) is 4.74 Å². The summed E-state index contributed by atoms with van der Waals surface area (Å²) in [5, 5.41) is 3.07. The van der Waals surface area contributed by atoms with Crippen molar-refractivity contribution in [1.29, 1.82) is 0 Å². The van der Waals surface area contributed by atoms with E-state index < -0.39 is 0 Å². The highest BCUT2D eigenvalue weighted by atomic mass is 16.5. The maximum atomic E-state index is 13.8. The first-order valence-electron chi connectivity index (χ1n) is 13.9. The molecule has 1 fully saturated rings. The molecule has 2 aromatic rings. The maximum Gasteiger partial charge on any atom is 0.254 e. The zero-order valence-electron chi connectivity index (χ0n) is 23.0. The Balaban J connectivity index is 1.56. The van der Waals surface area contributed by atoms with Crippen LogP contribution >= 0.6 is 0 Å². The molecule has 0 radical (unpaired) electrons. The van der Waals surface area contributed by atoms with Crippen LogP contribution in [0.2, 0.25) is 0 Å². The molecule has 1 saturated heterocycles. The summed E-state index contributed by atoms with van der Waals surface area (Å²) in [7, 11) is 4.18. The summed E-state index contributed by atoms with van der Waals surface area (Å²) >= 11 is 0. The van der Waals surface area contributed by atoms with Crippen LogP contribution < -0.4 is 10.1 Å². The molecule has 0 spiro atoms. The van der Waals surface area contributed by atoms with E-state index in [1.54, 1.807) is 0 Å². The molecule has 0 aliphatic carbocycles. The lowest BCUT2D eigenvalue weighted by molar-refractivity contribution is -0.122. The van der Waals surface area contributed by atoms with Crippen LogP contribution in [-0.2, 0) is 17.9 Å². The summed E-state index contributed by atoms with van der Waals surface area (Å²) in [6.45, 7) is 7.83. The molecule has 8 heteroatoms. The quantitative estimate of drug-likeness (QED) is 0.631. The van der Waals surface area contributed by atoms with Gasteiger partial charge in [-0.1, -0.05) is 36.4 Å². The van der Waals surface area contributed by atoms with E-state index in [9.17, 15) is 9.59 Å². The van der Waals surface area contributed by atoms with Crippen molar-refractivity contribution >= 4 is 11.8 Å². The average molecular weight is 522 g/mol. The van der Waals surface area contributed by atoms with Crippen LogP contribution in [0.15, 0.2) is 48.5 Å². The molecule has 0 bridgehead atoms. The van der Waals surface area contributed by atoms with Crippen LogP contribution in [0.3, 0.4) is 0 Å². The minimum absolute atomic E-state index is 0.0142. The summed E-state index contributed by atoms with van der Waals surface area (Å²) < 4.78 is 6.26. The molecule has 1 N–H and O–H groups in total. The topological polar surface area (TPSA) is 68.4 Å². The third kappa shape index (κ3) is 8.28. The number of carbonyl (C=O) groups is 2. The number of ether oxygens (including phenoxy) is 1. The smallest absolute Gasteiger partial charge is 0.254 e. The molecule has 2 aliphatic rings. The number of carbonyl (C=O) groups excluding carboxylic acids is 2. The largest absolute Gasteiger partial charge is 0.493 e. The monoisotopic (exact) mass is 521 g/mol. The van der Waals surface area contributed by atoms with Gasteiger partial charge in [-0.25, -0.2) is 0 Å². The molecular weight excluding hydrogens is 478 g/mol. The third-order valence-electron chi connectivity index (χ3n) is 7.29. The van der Waals surface area contributed by atoms with Crippen LogP contribution in [0.5, 0.6) is 5.75 Å². The second-order valence-corrected chi connectivity index (χ2v) is 10.6. The molecule has 0 aromatic heterocycles. The van der Waals surface area contributed by atoms with Gasteiger partial charge in [0.1, 0.15) is 5.75 Å². The van der Waals surface area contributed by atoms with E-state index in [1.807, 2.05) is 41.3 Å². The summed E-state index contributed by atoms with van der Waals surface area (Å²) in [5.74, 6) is 0.810. The molecule has 2 heterocycles. The summed E-state index contributed by atoms with van der Waals surface area (Å²) in [6.07, 6.45) is 2.83. The number of piperazine rings is 1. The fourth-order valence-electron chi connectivity index (χ4n) is 5.06. The Labute approximate surface area is 227 Å². The Bertz CT molecular complexity index is 1040. The van der Waals surface area contributed by atoms with Crippen molar-refractivity contribution in [3.8, 4) is 5.75 Å². The summed E-state index contributed by atoms with van der Waals surface area (Å²) in [4.78, 5) is 35.4. The molecule has 4 rings (SSSR count). The molecule has 0 atom stereocenters. The van der Waals surface area contributed by atoms with Gasteiger partial charge in [0.05, 0.1) is 13.2 Å². The molecule has 2 aliphatic heterocycles. The number of nitrogens with zero attached hydrogens (tertiary/aromatic N) is 4. The van der Waals surface area contributed by atoms with E-state index in [1.165, 1.54) is 0 Å². The van der Waals surface area contributed by atoms with E-state index in [0.29, 0.717) is 44.9 Å². The second-order valence-electron chi connectivity index (χ2n) is 10.6. The van der Waals surface area contributed by atoms with E-state index >= 15 is 0 Å². The normalized spacial score (nSPS) is 18.5. The Morgan fingerprint density at radius 1 is 0.921 bits per heavy atom. The SMILES string of the molecule is CN(C)CCN1CCN(C(=O)c2cccc3c2CN(Cc2ccccc2)CC(=O)NCCCCCO3)CC1. The second kappa shape index (κ2) is 14.3. The molecular formula is C30H43N5O3. The number of hydrogen-bond donors (Lipinski definition) is 1. The summed E-state index contributed by atoms with van der Waals surface area (Å²) in [6, 6.07) is 16.0. The van der Waals surface area contributed by atoms with Crippen LogP contribution in [0.4, 0.5) is 0 Å². The first kappa shape index (κ1) is 28.1. The minimum Gasteiger partial charge on any atom is -0.493 e. The number of likely N-dealkylation sites (N-methyl/N-ethyl adjacent to an activating group) is 1. The number of rotatable bonds is 6. The van der Waals surface area contributed by atoms with Gasteiger partial charge in [-0.15, -0.1) is 0 Å². The Hall–Kier alpha value is -2.94. The Morgan fingerprint density at radius 2 is 1.71 bits per heavy atom. The lowest BCUT2D eigenvalue weighted by Gasteiger charge is -2.35. The van der Waals surface area contributed by atoms with Crippen molar-refractivity contribution < 1.29 is 14.3 Å². The lowest BCUT2D eigenvalue weighted by atomic mass is 10.0. The van der Waals surface area contributed by atoms with Crippen molar-refractivity contribution in [2.45, 2.75) is 32.4 Å². The Morgan fingerprint density at radius 3 is 2.47 bits per heavy atom. The van der Waals surface area contributed by atoms with Gasteiger partial charge in [0, 0.05) is 70.0 Å². The molecule has 0 unspecified atom stereocenters. The van der Waals surface area contributed by atoms with E-state index in [-0.39, 0.29) is 18.4 Å². The predicted molar refractivity (Wildman–Crippen MR) is 150 cm³/mol. The maximum absolute atomic E-state index is 13.8. The van der Waals surface area contributed by atoms with E-state index in [2.05, 4.69) is 46.2 Å². The van der Waals surface area contributed by atoms with Gasteiger partial charge in [0.15, 0.2) is 0 Å². The lowest BCUT2D eigenvalue weighted by Crippen LogP contribution is -2.50. The zero-order chi connectivity index (χ0) is 26.7. The van der Waals surface area contributed by atoms with Gasteiger partial charge in [-0.05, 0) is 51.1 Å². The van der Waals surface area contributed by atoms with Gasteiger partial charge in [0.25, 0.3) is 5.91 Å². The van der Waals surface area contributed by atoms with Crippen LogP contribution in [0.25, 0.3) is 0 Å². The number of amides is 2. The predicted octanol–water partition coefficient (Wildman–Crippen LogP) is 2.69. The molecule has 2 aromatic carbocycles. The average Bonchev–Trinajstić information content (AvgIpc) is 2.93. The number of benzene rings is 2. The van der Waals surface area contributed by atoms with Crippen molar-refractivity contribution in [3.05, 3.63) is 65.2 Å². The first-order chi connectivity index (χ1) is 18.5. The highest BCUT2D eigenvalue weighted by molar-refractivity contribution is 5.96. The fourth-order valence-corrected chi connectivity index (χ4v) is 5.06. The number of fused-ring (bicyclic) bond motifs is 1. The summed E-state index contributed by atoms with van der Waals surface area (Å²) in [5.41, 5.74) is 2.68. The number of nitrogens with one attached hydrogen (secondary N) is 1. The minimum atomic E-state index is 0.0142. The molecule has 2 amide bonds. The highest BCUT2D eigenvalue weighted by Crippen LogP contribution is 2.27. The van der Waals surface area contributed by atoms with Gasteiger partial charge in [-0.3, -0.25) is 19.4 Å². The molecule has 0 saturated carbocycles. The van der Waals surface area contributed by atoms with Crippen molar-refractivity contribution in [2.75, 3.05) is 73.1 Å². The van der Waals surface area contributed by atoms with Crippen LogP contribution in [0, 0.1) is 0 Å². The van der Waals surface area contributed by atoms with Crippen molar-refractivity contribution in [1.82, 2.24) is 24.9 Å². The molecule has 206 valence electrons. The number of hydrogen-bond acceptors (Lipinski definition) is 6. The van der Waals surface area contributed by atoms with Gasteiger partial charge < -0.3 is 19.9 Å². The van der Waals surface area contributed by atoms with Gasteiger partial charge in [-0.2, -0.15) is 0 Å². The van der Waals surface area contributed by atoms with Crippen LogP contribution in [0.1, 0.15) is 40.7 Å². The standard InChI is InChI=1S/C30H43N5O3/c1-32(2)15-16-33-17-19-35(20-18-33)30(37)26-12-9-13-28-27(26)23-34(22-25-10-5-3-6-11-25)24-29(36)31-14-7-4-8-21-38-28/h3,5-6,9-13H,4,7-8,14-24H2,1-2H3,(H,31,36). The van der Waals surface area contributed by atoms with Crippen LogP contribution in [-0.4, -0.2) is 104 Å². The van der Waals surface area contributed by atoms with Gasteiger partial charge >= 0.3 is 0 Å². The Kier molecular flexibility index (Phi) is 10.6. The first-order valence-corrected chi connectivity index (χ1v) is 13.9. The van der Waals surface area contributed by atoms with Gasteiger partial charge in [0.2, 0.25) is 5.91 Å². The molecule has 8 nitrogen and oxygen atoms in total. The van der Waals surface area contributed by atoms with Crippen molar-refractivity contribution in [2.24, 2.45) is 0 Å². The van der Waals surface area contributed by atoms with E-state index in [0.717, 1.165) is 62.3 Å². The molecule has 38 heavy (non-hydrogen) atoms. The highest BCUT2D eigenvalue weighted by Gasteiger charge is 2.26. The zero-order valence-corrected chi connectivity index (χ0v) is 23.0.